The van der Waals surface area contributed by atoms with Crippen molar-refractivity contribution in [1.82, 2.24) is 25.8 Å². The zero-order valence-electron chi connectivity index (χ0n) is 36.1. The second kappa shape index (κ2) is 23.7. The molecule has 1 saturated heterocycles. The average Bonchev–Trinajstić information content (AvgIpc) is 3.73. The van der Waals surface area contributed by atoms with Gasteiger partial charge in [0.15, 0.2) is 11.6 Å². The van der Waals surface area contributed by atoms with Gasteiger partial charge in [-0.25, -0.2) is 4.79 Å². The molecule has 0 spiro atoms. The van der Waals surface area contributed by atoms with Crippen molar-refractivity contribution >= 4 is 70.4 Å². The topological polar surface area (TPSA) is 280 Å². The van der Waals surface area contributed by atoms with Gasteiger partial charge in [-0.05, 0) is 57.8 Å². The molecule has 2 aromatic rings. The molecule has 0 radical (unpaired) electrons. The molecule has 1 heterocycles. The molecule has 18 nitrogen and oxygen atoms in total. The summed E-state index contributed by atoms with van der Waals surface area (Å²) in [4.78, 5) is 118. The Hall–Kier alpha value is -5.87. The molecule has 1 fully saturated rings. The Balaban J connectivity index is 0.00000143. The second-order valence-electron chi connectivity index (χ2n) is 15.6. The van der Waals surface area contributed by atoms with Crippen molar-refractivity contribution in [1.29, 1.82) is 0 Å². The van der Waals surface area contributed by atoms with E-state index in [1.165, 1.54) is 30.5 Å². The number of carboxylic acid groups (broad SMARTS) is 1. The van der Waals surface area contributed by atoms with Crippen molar-refractivity contribution in [3.63, 3.8) is 0 Å². The van der Waals surface area contributed by atoms with Crippen LogP contribution in [0.5, 0.6) is 0 Å². The Bertz CT molecular complexity index is 2090. The van der Waals surface area contributed by atoms with Crippen LogP contribution in [-0.4, -0.2) is 142 Å². The van der Waals surface area contributed by atoms with E-state index in [2.05, 4.69) is 21.3 Å². The molecule has 0 saturated carbocycles. The van der Waals surface area contributed by atoms with E-state index in [1.807, 2.05) is 13.8 Å². The molecule has 22 heteroatoms. The number of nitrogens with two attached hydrogens (primary N) is 2. The number of likely N-dealkylation sites (tertiary alicyclic amines) is 1. The molecule has 1 aliphatic heterocycles. The first-order chi connectivity index (χ1) is 30.0. The van der Waals surface area contributed by atoms with Crippen LogP contribution in [-0.2, 0) is 33.6 Å². The molecule has 350 valence electrons. The molecular formula is C42H55F3N8O10S. The third kappa shape index (κ3) is 14.1. The highest BCUT2D eigenvalue weighted by Crippen LogP contribution is 2.32. The average molecular weight is 921 g/mol. The van der Waals surface area contributed by atoms with Crippen molar-refractivity contribution in [2.24, 2.45) is 17.4 Å². The van der Waals surface area contributed by atoms with E-state index in [1.54, 1.807) is 48.7 Å². The Labute approximate surface area is 372 Å². The van der Waals surface area contributed by atoms with Crippen molar-refractivity contribution in [2.45, 2.75) is 89.8 Å². The largest absolute Gasteiger partial charge is 0.490 e. The lowest BCUT2D eigenvalue weighted by atomic mass is 9.83. The van der Waals surface area contributed by atoms with Crippen molar-refractivity contribution in [3.8, 4) is 0 Å². The number of nitrogens with zero attached hydrogens (tertiary/aromatic N) is 2. The van der Waals surface area contributed by atoms with Gasteiger partial charge in [-0.3, -0.25) is 43.3 Å². The molecule has 64 heavy (non-hydrogen) atoms. The lowest BCUT2D eigenvalue weighted by molar-refractivity contribution is -0.192. The summed E-state index contributed by atoms with van der Waals surface area (Å²) in [5.74, 6) is -6.52. The maximum absolute atomic E-state index is 14.4. The van der Waals surface area contributed by atoms with Crippen LogP contribution in [0, 0.1) is 5.92 Å². The number of carbonyl (C=O) groups is 9. The van der Waals surface area contributed by atoms with Gasteiger partial charge in [0, 0.05) is 47.8 Å². The Morgan fingerprint density at radius 3 is 2.09 bits per heavy atom. The zero-order chi connectivity index (χ0) is 48.1. The number of aliphatic carboxylic acids is 1. The highest BCUT2D eigenvalue weighted by Gasteiger charge is 2.42. The van der Waals surface area contributed by atoms with Gasteiger partial charge < -0.3 is 42.7 Å². The van der Waals surface area contributed by atoms with E-state index in [0.29, 0.717) is 29.0 Å². The molecule has 2 aliphatic rings. The molecule has 0 unspecified atom stereocenters. The maximum Gasteiger partial charge on any atom is 0.490 e. The van der Waals surface area contributed by atoms with Crippen LogP contribution >= 0.6 is 11.8 Å². The van der Waals surface area contributed by atoms with Crippen LogP contribution in [0.25, 0.3) is 0 Å². The predicted octanol–water partition coefficient (Wildman–Crippen LogP) is 1.43. The SMILES string of the molecule is CSC[C@H](N)C(=O)NCC(=O)N[C@@H](CC(C)C)C(=O)N1CCC[C@H]1C(=O)N(CCCNc1cccc2c1C(=O)c1ccccc1C2=O)C(=O)[C@H](C)NC(=O)[C@H](C)N.O=C(O)C(F)(F)F. The smallest absolute Gasteiger partial charge is 0.475 e. The lowest BCUT2D eigenvalue weighted by Crippen LogP contribution is -2.58. The molecule has 9 N–H and O–H groups in total. The monoisotopic (exact) mass is 920 g/mol. The van der Waals surface area contributed by atoms with E-state index in [-0.39, 0.29) is 67.5 Å². The quantitative estimate of drug-likeness (QED) is 0.0890. The molecular weight excluding hydrogens is 866 g/mol. The first-order valence-corrected chi connectivity index (χ1v) is 21.8. The molecule has 4 rings (SSSR count). The number of alkyl halides is 3. The van der Waals surface area contributed by atoms with Gasteiger partial charge in [0.25, 0.3) is 11.8 Å². The fraction of sp³-hybridized carbons (Fsp3) is 0.500. The number of hydrogen-bond acceptors (Lipinski definition) is 13. The van der Waals surface area contributed by atoms with Crippen LogP contribution in [0.15, 0.2) is 42.5 Å². The van der Waals surface area contributed by atoms with Crippen molar-refractivity contribution < 1.29 is 61.4 Å². The van der Waals surface area contributed by atoms with Crippen LogP contribution in [0.4, 0.5) is 18.9 Å². The highest BCUT2D eigenvalue weighted by molar-refractivity contribution is 7.98. The standard InChI is InChI=1S/C40H54N8O8S.C2HF3O2/c1-22(2)19-30(46-32(49)20-44-37(53)28(42)21-57-5)39(55)47-17-9-15-31(47)40(56)48(38(54)24(4)45-36(52)23(3)41)18-10-16-43-29-14-8-13-27-33(29)35(51)26-12-7-6-11-25(26)34(27)50;3-2(4,5)1(6)7/h6-8,11-14,22-24,28,30-31,43H,9-10,15-21,41-42H2,1-5H3,(H,44,53)(H,45,52)(H,46,49);(H,6,7)/t23-,24-,28-,30-,31-;/m0./s1. The normalized spacial score (nSPS) is 16.2. The molecule has 5 atom stereocenters. The summed E-state index contributed by atoms with van der Waals surface area (Å²) in [5.41, 5.74) is 13.1. The van der Waals surface area contributed by atoms with E-state index >= 15 is 0 Å². The number of halogens is 3. The summed E-state index contributed by atoms with van der Waals surface area (Å²) in [6.45, 7) is 6.55. The van der Waals surface area contributed by atoms with Crippen LogP contribution in [0.1, 0.15) is 85.2 Å². The maximum atomic E-state index is 14.4. The summed E-state index contributed by atoms with van der Waals surface area (Å²) < 4.78 is 31.7. The molecule has 0 bridgehead atoms. The summed E-state index contributed by atoms with van der Waals surface area (Å²) in [6, 6.07) is 6.66. The number of nitrogens with one attached hydrogen (secondary N) is 4. The molecule has 6 amide bonds. The number of hydrogen-bond donors (Lipinski definition) is 7. The van der Waals surface area contributed by atoms with E-state index in [0.717, 1.165) is 4.90 Å². The fourth-order valence-electron chi connectivity index (χ4n) is 6.88. The number of ketones is 2. The van der Waals surface area contributed by atoms with Gasteiger partial charge in [0.2, 0.25) is 23.6 Å². The number of carboxylic acids is 1. The van der Waals surface area contributed by atoms with E-state index < -0.39 is 84.3 Å². The first-order valence-electron chi connectivity index (χ1n) is 20.4. The zero-order valence-corrected chi connectivity index (χ0v) is 36.9. The number of thioether (sulfide) groups is 1. The molecule has 2 aromatic carbocycles. The Morgan fingerprint density at radius 2 is 1.52 bits per heavy atom. The first kappa shape index (κ1) is 52.5. The Kier molecular flexibility index (Phi) is 19.4. The van der Waals surface area contributed by atoms with Crippen molar-refractivity contribution in [2.75, 3.05) is 43.5 Å². The summed E-state index contributed by atoms with van der Waals surface area (Å²) in [5, 5.41) is 18.1. The van der Waals surface area contributed by atoms with Gasteiger partial charge in [-0.1, -0.05) is 50.2 Å². The fourth-order valence-corrected chi connectivity index (χ4v) is 7.39. The molecule has 1 aliphatic carbocycles. The number of anilines is 1. The lowest BCUT2D eigenvalue weighted by Gasteiger charge is -2.33. The summed E-state index contributed by atoms with van der Waals surface area (Å²) in [7, 11) is 0. The number of benzene rings is 2. The minimum absolute atomic E-state index is 0.0287. The van der Waals surface area contributed by atoms with Gasteiger partial charge in [0.1, 0.15) is 18.1 Å². The van der Waals surface area contributed by atoms with Crippen molar-refractivity contribution in [3.05, 3.63) is 64.7 Å². The number of imide groups is 1. The van der Waals surface area contributed by atoms with E-state index in [4.69, 9.17) is 21.4 Å². The number of carbonyl (C=O) groups excluding carboxylic acids is 8. The van der Waals surface area contributed by atoms with Gasteiger partial charge in [-0.2, -0.15) is 24.9 Å². The number of amides is 6. The Morgan fingerprint density at radius 1 is 0.906 bits per heavy atom. The predicted molar refractivity (Wildman–Crippen MR) is 230 cm³/mol. The summed E-state index contributed by atoms with van der Waals surface area (Å²) >= 11 is 1.39. The van der Waals surface area contributed by atoms with E-state index in [9.17, 15) is 51.5 Å². The van der Waals surface area contributed by atoms with Gasteiger partial charge in [0.05, 0.1) is 24.2 Å². The van der Waals surface area contributed by atoms with Crippen LogP contribution in [0.3, 0.4) is 0 Å². The number of rotatable bonds is 18. The molecule has 0 aromatic heterocycles. The number of fused-ring (bicyclic) bond motifs is 2. The third-order valence-electron chi connectivity index (χ3n) is 10.0. The van der Waals surface area contributed by atoms with Gasteiger partial charge in [-0.15, -0.1) is 0 Å². The minimum Gasteiger partial charge on any atom is -0.475 e. The highest BCUT2D eigenvalue weighted by atomic mass is 32.2. The minimum atomic E-state index is -5.08. The van der Waals surface area contributed by atoms with Crippen LogP contribution in [0.2, 0.25) is 0 Å². The second-order valence-corrected chi connectivity index (χ2v) is 16.5. The summed E-state index contributed by atoms with van der Waals surface area (Å²) in [6.07, 6.45) is -2.11. The third-order valence-corrected chi connectivity index (χ3v) is 10.7. The van der Waals surface area contributed by atoms with Gasteiger partial charge >= 0.3 is 12.1 Å². The van der Waals surface area contributed by atoms with Crippen LogP contribution < -0.4 is 32.7 Å².